The van der Waals surface area contributed by atoms with Crippen LogP contribution in [-0.4, -0.2) is 33.2 Å². The topological polar surface area (TPSA) is 95.7 Å². The zero-order chi connectivity index (χ0) is 17.1. The van der Waals surface area contributed by atoms with Crippen molar-refractivity contribution in [2.45, 2.75) is 33.2 Å². The van der Waals surface area contributed by atoms with Crippen molar-refractivity contribution in [1.29, 1.82) is 0 Å². The molecular formula is C17H21N5O2. The zero-order valence-electron chi connectivity index (χ0n) is 14.1. The van der Waals surface area contributed by atoms with Crippen molar-refractivity contribution in [3.63, 3.8) is 0 Å². The third-order valence-electron chi connectivity index (χ3n) is 4.13. The highest BCUT2D eigenvalue weighted by Crippen LogP contribution is 2.18. The van der Waals surface area contributed by atoms with Gasteiger partial charge in [-0.2, -0.15) is 5.10 Å². The van der Waals surface area contributed by atoms with Crippen molar-refractivity contribution >= 4 is 16.9 Å². The number of amides is 1. The predicted octanol–water partition coefficient (Wildman–Crippen LogP) is 2.16. The number of ether oxygens (including phenoxy) is 1. The molecule has 1 amide bonds. The lowest BCUT2D eigenvalue weighted by Gasteiger charge is -2.02. The molecule has 0 fully saturated rings. The van der Waals surface area contributed by atoms with Gasteiger partial charge in [-0.05, 0) is 31.5 Å². The Morgan fingerprint density at radius 2 is 2.17 bits per heavy atom. The first-order valence-corrected chi connectivity index (χ1v) is 7.86. The van der Waals surface area contributed by atoms with Gasteiger partial charge in [-0.25, -0.2) is 4.98 Å². The van der Waals surface area contributed by atoms with Gasteiger partial charge in [0.1, 0.15) is 11.6 Å². The molecule has 0 saturated heterocycles. The number of H-pyrrole nitrogens is 2. The van der Waals surface area contributed by atoms with E-state index < -0.39 is 0 Å². The van der Waals surface area contributed by atoms with E-state index in [1.807, 2.05) is 32.0 Å². The summed E-state index contributed by atoms with van der Waals surface area (Å²) in [5.74, 6) is 1.47. The second kappa shape index (κ2) is 6.74. The van der Waals surface area contributed by atoms with Crippen LogP contribution in [0.1, 0.15) is 29.2 Å². The van der Waals surface area contributed by atoms with E-state index in [0.717, 1.165) is 39.6 Å². The molecular weight excluding hydrogens is 306 g/mol. The van der Waals surface area contributed by atoms with Gasteiger partial charge in [0.25, 0.3) is 0 Å². The maximum atomic E-state index is 12.0. The van der Waals surface area contributed by atoms with Gasteiger partial charge >= 0.3 is 0 Å². The molecule has 0 radical (unpaired) electrons. The van der Waals surface area contributed by atoms with E-state index in [0.29, 0.717) is 19.4 Å². The lowest BCUT2D eigenvalue weighted by Crippen LogP contribution is -2.23. The predicted molar refractivity (Wildman–Crippen MR) is 90.9 cm³/mol. The highest BCUT2D eigenvalue weighted by atomic mass is 16.5. The Morgan fingerprint density at radius 3 is 2.88 bits per heavy atom. The molecule has 0 aliphatic carbocycles. The van der Waals surface area contributed by atoms with Gasteiger partial charge in [-0.1, -0.05) is 0 Å². The van der Waals surface area contributed by atoms with Crippen molar-refractivity contribution in [3.05, 3.63) is 41.0 Å². The second-order valence-corrected chi connectivity index (χ2v) is 5.76. The number of fused-ring (bicyclic) bond motifs is 1. The quantitative estimate of drug-likeness (QED) is 0.646. The Balaban J connectivity index is 1.55. The van der Waals surface area contributed by atoms with Crippen LogP contribution in [0.25, 0.3) is 11.0 Å². The third kappa shape index (κ3) is 3.40. The average molecular weight is 327 g/mol. The van der Waals surface area contributed by atoms with Crippen LogP contribution >= 0.6 is 0 Å². The Morgan fingerprint density at radius 1 is 1.33 bits per heavy atom. The highest BCUT2D eigenvalue weighted by molar-refractivity contribution is 5.78. The van der Waals surface area contributed by atoms with Gasteiger partial charge in [0.15, 0.2) is 0 Å². The van der Waals surface area contributed by atoms with Gasteiger partial charge in [0.05, 0.1) is 30.4 Å². The lowest BCUT2D eigenvalue weighted by molar-refractivity contribution is -0.121. The van der Waals surface area contributed by atoms with Crippen molar-refractivity contribution in [2.24, 2.45) is 0 Å². The average Bonchev–Trinajstić information content (AvgIpc) is 3.14. The molecule has 0 saturated carbocycles. The molecule has 3 rings (SSSR count). The highest BCUT2D eigenvalue weighted by Gasteiger charge is 2.10. The zero-order valence-corrected chi connectivity index (χ0v) is 14.1. The van der Waals surface area contributed by atoms with Gasteiger partial charge < -0.3 is 15.0 Å². The number of imidazole rings is 1. The summed E-state index contributed by atoms with van der Waals surface area (Å²) >= 11 is 0. The Kier molecular flexibility index (Phi) is 4.50. The summed E-state index contributed by atoms with van der Waals surface area (Å²) in [5.41, 5.74) is 4.85. The summed E-state index contributed by atoms with van der Waals surface area (Å²) in [5, 5.41) is 10.0. The standard InChI is InChI=1S/C17H21N5O2/c1-10-11(2)21-22-13(10)6-7-17(23)18-9-16-19-14-5-4-12(24-3)8-15(14)20-16/h4-5,8H,6-7,9H2,1-3H3,(H,18,23)(H,19,20)(H,21,22). The molecule has 0 spiro atoms. The number of carbonyl (C=O) groups excluding carboxylic acids is 1. The smallest absolute Gasteiger partial charge is 0.220 e. The number of hydrogen-bond donors (Lipinski definition) is 3. The minimum atomic E-state index is -0.0203. The number of methoxy groups -OCH3 is 1. The monoisotopic (exact) mass is 327 g/mol. The maximum absolute atomic E-state index is 12.0. The van der Waals surface area contributed by atoms with Crippen molar-refractivity contribution in [1.82, 2.24) is 25.5 Å². The number of carbonyl (C=O) groups is 1. The van der Waals surface area contributed by atoms with E-state index in [1.54, 1.807) is 7.11 Å². The summed E-state index contributed by atoms with van der Waals surface area (Å²) in [4.78, 5) is 19.7. The molecule has 0 aliphatic heterocycles. The van der Waals surface area contributed by atoms with E-state index in [4.69, 9.17) is 4.74 Å². The fraction of sp³-hybridized carbons (Fsp3) is 0.353. The third-order valence-corrected chi connectivity index (χ3v) is 4.13. The molecule has 126 valence electrons. The number of hydrogen-bond acceptors (Lipinski definition) is 4. The minimum absolute atomic E-state index is 0.0203. The molecule has 3 aromatic rings. The van der Waals surface area contributed by atoms with Crippen LogP contribution in [0.2, 0.25) is 0 Å². The SMILES string of the molecule is COc1ccc2nc(CNC(=O)CCc3n[nH]c(C)c3C)[nH]c2c1. The van der Waals surface area contributed by atoms with E-state index in [-0.39, 0.29) is 5.91 Å². The molecule has 0 bridgehead atoms. The number of aromatic amines is 2. The summed E-state index contributed by atoms with van der Waals surface area (Å²) in [6.45, 7) is 4.35. The Bertz CT molecular complexity index is 865. The number of aryl methyl sites for hydroxylation is 2. The molecule has 2 heterocycles. The molecule has 0 atom stereocenters. The largest absolute Gasteiger partial charge is 0.497 e. The van der Waals surface area contributed by atoms with Gasteiger partial charge in [-0.3, -0.25) is 9.89 Å². The Hall–Kier alpha value is -2.83. The first-order chi connectivity index (χ1) is 11.6. The molecule has 1 aromatic carbocycles. The molecule has 2 aromatic heterocycles. The fourth-order valence-electron chi connectivity index (χ4n) is 2.53. The van der Waals surface area contributed by atoms with Gasteiger partial charge in [-0.15, -0.1) is 0 Å². The second-order valence-electron chi connectivity index (χ2n) is 5.76. The summed E-state index contributed by atoms with van der Waals surface area (Å²) in [7, 11) is 1.63. The summed E-state index contributed by atoms with van der Waals surface area (Å²) in [6.07, 6.45) is 1.03. The van der Waals surface area contributed by atoms with Crippen LogP contribution in [0.5, 0.6) is 5.75 Å². The number of nitrogens with one attached hydrogen (secondary N) is 3. The van der Waals surface area contributed by atoms with Gasteiger partial charge in [0.2, 0.25) is 5.91 Å². The van der Waals surface area contributed by atoms with Crippen LogP contribution < -0.4 is 10.1 Å². The van der Waals surface area contributed by atoms with E-state index in [1.165, 1.54) is 0 Å². The summed E-state index contributed by atoms with van der Waals surface area (Å²) < 4.78 is 5.19. The van der Waals surface area contributed by atoms with E-state index in [2.05, 4.69) is 25.5 Å². The lowest BCUT2D eigenvalue weighted by atomic mass is 10.1. The molecule has 7 heteroatoms. The normalized spacial score (nSPS) is 11.0. The number of nitrogens with zero attached hydrogens (tertiary/aromatic N) is 2. The van der Waals surface area contributed by atoms with Crippen LogP contribution in [0, 0.1) is 13.8 Å². The minimum Gasteiger partial charge on any atom is -0.497 e. The van der Waals surface area contributed by atoms with Crippen molar-refractivity contribution in [3.8, 4) is 5.75 Å². The maximum Gasteiger partial charge on any atom is 0.220 e. The Labute approximate surface area is 139 Å². The fourth-order valence-corrected chi connectivity index (χ4v) is 2.53. The number of rotatable bonds is 6. The molecule has 0 aliphatic rings. The van der Waals surface area contributed by atoms with Crippen LogP contribution in [0.15, 0.2) is 18.2 Å². The van der Waals surface area contributed by atoms with Crippen molar-refractivity contribution in [2.75, 3.05) is 7.11 Å². The van der Waals surface area contributed by atoms with E-state index >= 15 is 0 Å². The van der Waals surface area contributed by atoms with E-state index in [9.17, 15) is 4.79 Å². The molecule has 3 N–H and O–H groups in total. The molecule has 24 heavy (non-hydrogen) atoms. The van der Waals surface area contributed by atoms with Crippen molar-refractivity contribution < 1.29 is 9.53 Å². The van der Waals surface area contributed by atoms with Gasteiger partial charge in [0, 0.05) is 24.6 Å². The molecule has 0 unspecified atom stereocenters. The first kappa shape index (κ1) is 16.0. The van der Waals surface area contributed by atoms with Crippen LogP contribution in [-0.2, 0) is 17.8 Å². The van der Waals surface area contributed by atoms with Crippen LogP contribution in [0.3, 0.4) is 0 Å². The number of aromatic nitrogens is 4. The number of benzene rings is 1. The summed E-state index contributed by atoms with van der Waals surface area (Å²) in [6, 6.07) is 5.63. The first-order valence-electron chi connectivity index (χ1n) is 7.86. The molecule has 7 nitrogen and oxygen atoms in total. The van der Waals surface area contributed by atoms with Crippen LogP contribution in [0.4, 0.5) is 0 Å².